The quantitative estimate of drug-likeness (QED) is 0.503. The molecule has 0 unspecified atom stereocenters. The Balaban J connectivity index is 2.17. The molecule has 0 aliphatic heterocycles. The second-order valence-corrected chi connectivity index (χ2v) is 16.9. The monoisotopic (exact) mass is 440 g/mol. The fraction of sp³-hybridized carbons (Fsp3) is 0.636. The molecule has 0 saturated heterocycles. The maximum absolute atomic E-state index is 11.6. The SMILES string of the molecule is C=C(C)[C@@H]1CC[C@@](O)(CO[Si](C)(C)C(C)(C)C)[C@@H]([Se]c2ccccc2)C1. The third kappa shape index (κ3) is 5.33. The molecule has 1 fully saturated rings. The summed E-state index contributed by atoms with van der Waals surface area (Å²) in [6, 6.07) is 10.6. The van der Waals surface area contributed by atoms with Gasteiger partial charge in [0.2, 0.25) is 0 Å². The minimum absolute atomic E-state index is 0.165. The summed E-state index contributed by atoms with van der Waals surface area (Å²) in [5.41, 5.74) is 0.545. The van der Waals surface area contributed by atoms with E-state index >= 15 is 0 Å². The molecule has 0 radical (unpaired) electrons. The van der Waals surface area contributed by atoms with Gasteiger partial charge in [-0.2, -0.15) is 0 Å². The molecule has 0 spiro atoms. The van der Waals surface area contributed by atoms with Crippen molar-refractivity contribution >= 4 is 27.7 Å². The van der Waals surface area contributed by atoms with E-state index in [9.17, 15) is 5.11 Å². The zero-order chi connectivity index (χ0) is 19.6. The first kappa shape index (κ1) is 21.9. The van der Waals surface area contributed by atoms with Crippen LogP contribution in [0.15, 0.2) is 42.5 Å². The molecule has 0 aromatic heterocycles. The van der Waals surface area contributed by atoms with E-state index in [1.165, 1.54) is 10.0 Å². The second kappa shape index (κ2) is 8.32. The van der Waals surface area contributed by atoms with Crippen LogP contribution in [0.2, 0.25) is 22.9 Å². The zero-order valence-electron chi connectivity index (χ0n) is 17.3. The van der Waals surface area contributed by atoms with Crippen LogP contribution in [0.5, 0.6) is 0 Å². The van der Waals surface area contributed by atoms with Crippen molar-refractivity contribution in [2.45, 2.75) is 75.5 Å². The molecule has 1 aromatic carbocycles. The van der Waals surface area contributed by atoms with Gasteiger partial charge in [-0.05, 0) is 0 Å². The van der Waals surface area contributed by atoms with Gasteiger partial charge in [-0.15, -0.1) is 0 Å². The van der Waals surface area contributed by atoms with E-state index in [0.717, 1.165) is 19.3 Å². The van der Waals surface area contributed by atoms with E-state index in [1.807, 2.05) is 0 Å². The Morgan fingerprint density at radius 1 is 1.31 bits per heavy atom. The van der Waals surface area contributed by atoms with Gasteiger partial charge >= 0.3 is 168 Å². The van der Waals surface area contributed by atoms with Gasteiger partial charge in [-0.25, -0.2) is 0 Å². The van der Waals surface area contributed by atoms with Gasteiger partial charge in [0.05, 0.1) is 0 Å². The molecular formula is C22H36O2SeSi. The fourth-order valence-electron chi connectivity index (χ4n) is 3.14. The van der Waals surface area contributed by atoms with Gasteiger partial charge in [0.1, 0.15) is 0 Å². The van der Waals surface area contributed by atoms with Crippen LogP contribution >= 0.6 is 0 Å². The zero-order valence-corrected chi connectivity index (χ0v) is 20.1. The summed E-state index contributed by atoms with van der Waals surface area (Å²) < 4.78 is 7.84. The average Bonchev–Trinajstić information content (AvgIpc) is 2.55. The van der Waals surface area contributed by atoms with Crippen molar-refractivity contribution in [3.63, 3.8) is 0 Å². The molecule has 2 nitrogen and oxygen atoms in total. The van der Waals surface area contributed by atoms with Crippen molar-refractivity contribution in [1.29, 1.82) is 0 Å². The minimum atomic E-state index is -1.87. The molecule has 0 heterocycles. The van der Waals surface area contributed by atoms with Crippen molar-refractivity contribution in [3.8, 4) is 0 Å². The van der Waals surface area contributed by atoms with Crippen molar-refractivity contribution in [1.82, 2.24) is 0 Å². The normalized spacial score (nSPS) is 27.3. The van der Waals surface area contributed by atoms with Crippen LogP contribution in [0.4, 0.5) is 0 Å². The van der Waals surface area contributed by atoms with Crippen LogP contribution in [-0.4, -0.2) is 40.6 Å². The van der Waals surface area contributed by atoms with Gasteiger partial charge < -0.3 is 0 Å². The first-order valence-electron chi connectivity index (χ1n) is 9.68. The molecule has 26 heavy (non-hydrogen) atoms. The molecule has 1 aliphatic rings. The van der Waals surface area contributed by atoms with Crippen LogP contribution in [-0.2, 0) is 4.43 Å². The van der Waals surface area contributed by atoms with Crippen LogP contribution in [0.25, 0.3) is 0 Å². The van der Waals surface area contributed by atoms with Crippen LogP contribution in [0, 0.1) is 5.92 Å². The summed E-state index contributed by atoms with van der Waals surface area (Å²) in [5.74, 6) is 0.527. The van der Waals surface area contributed by atoms with Crippen molar-refractivity contribution in [2.24, 2.45) is 5.92 Å². The number of hydrogen-bond donors (Lipinski definition) is 1. The summed E-state index contributed by atoms with van der Waals surface area (Å²) in [6.07, 6.45) is 2.87. The van der Waals surface area contributed by atoms with E-state index in [1.54, 1.807) is 0 Å². The molecule has 146 valence electrons. The van der Waals surface area contributed by atoms with Gasteiger partial charge in [-0.3, -0.25) is 0 Å². The maximum atomic E-state index is 11.6. The van der Waals surface area contributed by atoms with Crippen LogP contribution < -0.4 is 4.46 Å². The molecule has 0 bridgehead atoms. The predicted octanol–water partition coefficient (Wildman–Crippen LogP) is 4.93. The Kier molecular flexibility index (Phi) is 7.01. The van der Waals surface area contributed by atoms with Crippen molar-refractivity contribution < 1.29 is 9.53 Å². The number of aliphatic hydroxyl groups is 1. The number of rotatable bonds is 6. The van der Waals surface area contributed by atoms with E-state index in [4.69, 9.17) is 4.43 Å². The Hall–Kier alpha value is -0.384. The molecule has 1 aliphatic carbocycles. The molecule has 1 aromatic rings. The standard InChI is InChI=1S/C22H36O2SeSi/c1-17(2)18-13-14-22(23,16-24-26(6,7)21(3,4)5)20(15-18)25-19-11-9-8-10-12-19/h8-12,18,20,23H,1,13-16H2,2-7H3/t18-,20+,22-/m1/s1. The van der Waals surface area contributed by atoms with E-state index in [-0.39, 0.29) is 24.8 Å². The number of hydrogen-bond acceptors (Lipinski definition) is 2. The van der Waals surface area contributed by atoms with Crippen LogP contribution in [0.1, 0.15) is 47.0 Å². The van der Waals surface area contributed by atoms with Crippen molar-refractivity contribution in [3.05, 3.63) is 42.5 Å². The molecule has 0 amide bonds. The van der Waals surface area contributed by atoms with Gasteiger partial charge in [0, 0.05) is 0 Å². The number of benzene rings is 1. The van der Waals surface area contributed by atoms with E-state index < -0.39 is 13.9 Å². The van der Waals surface area contributed by atoms with Gasteiger partial charge in [0.25, 0.3) is 0 Å². The van der Waals surface area contributed by atoms with E-state index in [0.29, 0.717) is 12.5 Å². The Bertz CT molecular complexity index is 608. The molecule has 1 N–H and O–H groups in total. The first-order chi connectivity index (χ1) is 11.9. The fourth-order valence-corrected chi connectivity index (χ4v) is 7.07. The second-order valence-electron chi connectivity index (χ2n) is 9.39. The Morgan fingerprint density at radius 3 is 2.46 bits per heavy atom. The molecular weight excluding hydrogens is 403 g/mol. The molecule has 4 heteroatoms. The van der Waals surface area contributed by atoms with Gasteiger partial charge in [0.15, 0.2) is 0 Å². The Morgan fingerprint density at radius 2 is 1.92 bits per heavy atom. The topological polar surface area (TPSA) is 29.5 Å². The molecule has 3 atom stereocenters. The summed E-state index contributed by atoms with van der Waals surface area (Å²) in [7, 11) is -1.87. The molecule has 2 rings (SSSR count). The van der Waals surface area contributed by atoms with Gasteiger partial charge in [-0.1, -0.05) is 0 Å². The summed E-state index contributed by atoms with van der Waals surface area (Å²) in [5, 5.41) is 11.8. The summed E-state index contributed by atoms with van der Waals surface area (Å²) >= 11 is 0.237. The predicted molar refractivity (Wildman–Crippen MR) is 116 cm³/mol. The van der Waals surface area contributed by atoms with Crippen LogP contribution in [0.3, 0.4) is 0 Å². The average molecular weight is 440 g/mol. The van der Waals surface area contributed by atoms with E-state index in [2.05, 4.69) is 77.7 Å². The Labute approximate surface area is 167 Å². The summed E-state index contributed by atoms with van der Waals surface area (Å²) in [6.45, 7) is 18.1. The summed E-state index contributed by atoms with van der Waals surface area (Å²) in [4.78, 5) is 0.276. The first-order valence-corrected chi connectivity index (χ1v) is 14.4. The molecule has 1 saturated carbocycles. The third-order valence-electron chi connectivity index (χ3n) is 6.23. The van der Waals surface area contributed by atoms with Crippen molar-refractivity contribution in [2.75, 3.05) is 6.61 Å². The third-order valence-corrected chi connectivity index (χ3v) is 13.8. The number of allylic oxidation sites excluding steroid dienone is 1.